The number of carbonyl (C=O) groups excluding carboxylic acids is 2. The number of halogens is 1. The standard InChI is InChI=1S/C24H23ClN2O3/c1-3-17-6-4-5-7-22(17)27-24(29)18-8-14-21(15-9-18)30-16(2)23(28)26-20-12-10-19(25)11-13-20/h4-16H,3H2,1-2H3,(H,26,28)(H,27,29). The van der Waals surface area contributed by atoms with Crippen LogP contribution in [0.5, 0.6) is 5.75 Å². The number of amides is 2. The van der Waals surface area contributed by atoms with Crippen molar-refractivity contribution in [1.29, 1.82) is 0 Å². The van der Waals surface area contributed by atoms with E-state index >= 15 is 0 Å². The lowest BCUT2D eigenvalue weighted by Crippen LogP contribution is -2.30. The average Bonchev–Trinajstić information content (AvgIpc) is 2.76. The molecule has 0 spiro atoms. The van der Waals surface area contributed by atoms with Crippen LogP contribution >= 0.6 is 11.6 Å². The molecule has 0 fully saturated rings. The minimum Gasteiger partial charge on any atom is -0.481 e. The number of rotatable bonds is 7. The van der Waals surface area contributed by atoms with Gasteiger partial charge in [0.05, 0.1) is 0 Å². The molecule has 3 rings (SSSR count). The molecule has 2 N–H and O–H groups in total. The second kappa shape index (κ2) is 9.94. The number of anilines is 2. The van der Waals surface area contributed by atoms with Gasteiger partial charge in [-0.15, -0.1) is 0 Å². The molecule has 3 aromatic rings. The van der Waals surface area contributed by atoms with Gasteiger partial charge in [-0.05, 0) is 73.5 Å². The molecular weight excluding hydrogens is 400 g/mol. The van der Waals surface area contributed by atoms with Gasteiger partial charge < -0.3 is 15.4 Å². The zero-order valence-electron chi connectivity index (χ0n) is 16.8. The molecule has 1 unspecified atom stereocenters. The van der Waals surface area contributed by atoms with Gasteiger partial charge in [0.25, 0.3) is 11.8 Å². The van der Waals surface area contributed by atoms with E-state index in [1.54, 1.807) is 55.5 Å². The van der Waals surface area contributed by atoms with Crippen molar-refractivity contribution in [3.63, 3.8) is 0 Å². The minimum absolute atomic E-state index is 0.198. The van der Waals surface area contributed by atoms with Crippen molar-refractivity contribution in [2.75, 3.05) is 10.6 Å². The lowest BCUT2D eigenvalue weighted by atomic mass is 10.1. The maximum Gasteiger partial charge on any atom is 0.265 e. The molecule has 1 atom stereocenters. The molecule has 5 nitrogen and oxygen atoms in total. The summed E-state index contributed by atoms with van der Waals surface area (Å²) in [6.45, 7) is 3.70. The Morgan fingerprint density at radius 1 is 0.933 bits per heavy atom. The molecule has 0 aromatic heterocycles. The van der Waals surface area contributed by atoms with Crippen molar-refractivity contribution < 1.29 is 14.3 Å². The van der Waals surface area contributed by atoms with Crippen LogP contribution in [0.2, 0.25) is 5.02 Å². The molecule has 0 saturated carbocycles. The lowest BCUT2D eigenvalue weighted by Gasteiger charge is -2.15. The Morgan fingerprint density at radius 2 is 1.60 bits per heavy atom. The monoisotopic (exact) mass is 422 g/mol. The summed E-state index contributed by atoms with van der Waals surface area (Å²) in [6.07, 6.45) is 0.121. The second-order valence-corrected chi connectivity index (χ2v) is 7.18. The SMILES string of the molecule is CCc1ccccc1NC(=O)c1ccc(OC(C)C(=O)Nc2ccc(Cl)cc2)cc1. The quantitative estimate of drug-likeness (QED) is 0.523. The predicted octanol–water partition coefficient (Wildman–Crippen LogP) is 5.56. The zero-order valence-corrected chi connectivity index (χ0v) is 17.6. The first-order valence-electron chi connectivity index (χ1n) is 9.68. The van der Waals surface area contributed by atoms with Crippen molar-refractivity contribution in [1.82, 2.24) is 0 Å². The Kier molecular flexibility index (Phi) is 7.09. The van der Waals surface area contributed by atoms with E-state index in [2.05, 4.69) is 10.6 Å². The van der Waals surface area contributed by atoms with E-state index < -0.39 is 6.10 Å². The van der Waals surface area contributed by atoms with E-state index in [0.717, 1.165) is 17.7 Å². The van der Waals surface area contributed by atoms with Crippen LogP contribution in [0.3, 0.4) is 0 Å². The molecule has 0 aliphatic heterocycles. The Hall–Kier alpha value is -3.31. The van der Waals surface area contributed by atoms with Crippen LogP contribution in [0.4, 0.5) is 11.4 Å². The minimum atomic E-state index is -0.711. The molecule has 6 heteroatoms. The number of benzene rings is 3. The Bertz CT molecular complexity index is 1020. The molecule has 0 aliphatic rings. The van der Waals surface area contributed by atoms with E-state index in [1.165, 1.54) is 0 Å². The van der Waals surface area contributed by atoms with Gasteiger partial charge >= 0.3 is 0 Å². The third-order valence-corrected chi connectivity index (χ3v) is 4.81. The number of nitrogens with one attached hydrogen (secondary N) is 2. The number of carbonyl (C=O) groups is 2. The van der Waals surface area contributed by atoms with Crippen molar-refractivity contribution in [2.45, 2.75) is 26.4 Å². The van der Waals surface area contributed by atoms with Crippen LogP contribution in [-0.4, -0.2) is 17.9 Å². The number of hydrogen-bond acceptors (Lipinski definition) is 3. The third-order valence-electron chi connectivity index (χ3n) is 4.56. The van der Waals surface area contributed by atoms with Gasteiger partial charge in [0.2, 0.25) is 0 Å². The highest BCUT2D eigenvalue weighted by Gasteiger charge is 2.15. The fourth-order valence-corrected chi connectivity index (χ4v) is 2.99. The summed E-state index contributed by atoms with van der Waals surface area (Å²) in [5.41, 5.74) is 3.02. The molecule has 154 valence electrons. The van der Waals surface area contributed by atoms with Crippen LogP contribution in [0, 0.1) is 0 Å². The summed E-state index contributed by atoms with van der Waals surface area (Å²) in [5.74, 6) is 0.0190. The number of para-hydroxylation sites is 1. The number of aryl methyl sites for hydroxylation is 1. The van der Waals surface area contributed by atoms with Gasteiger partial charge in [0.15, 0.2) is 6.10 Å². The van der Waals surface area contributed by atoms with Gasteiger partial charge in [0, 0.05) is 22.0 Å². The topological polar surface area (TPSA) is 67.4 Å². The Labute approximate surface area is 181 Å². The first kappa shape index (κ1) is 21.4. The van der Waals surface area contributed by atoms with E-state index in [1.807, 2.05) is 31.2 Å². The first-order chi connectivity index (χ1) is 14.5. The van der Waals surface area contributed by atoms with E-state index in [0.29, 0.717) is 22.0 Å². The number of ether oxygens (including phenoxy) is 1. The largest absolute Gasteiger partial charge is 0.481 e. The Morgan fingerprint density at radius 3 is 2.27 bits per heavy atom. The highest BCUT2D eigenvalue weighted by molar-refractivity contribution is 6.30. The molecule has 0 radical (unpaired) electrons. The molecule has 30 heavy (non-hydrogen) atoms. The van der Waals surface area contributed by atoms with Gasteiger partial charge in [0.1, 0.15) is 5.75 Å². The van der Waals surface area contributed by atoms with Crippen LogP contribution < -0.4 is 15.4 Å². The summed E-state index contributed by atoms with van der Waals surface area (Å²) in [4.78, 5) is 24.8. The molecule has 0 heterocycles. The van der Waals surface area contributed by atoms with Crippen LogP contribution in [-0.2, 0) is 11.2 Å². The fraction of sp³-hybridized carbons (Fsp3) is 0.167. The number of hydrogen-bond donors (Lipinski definition) is 2. The Balaban J connectivity index is 1.58. The van der Waals surface area contributed by atoms with Gasteiger partial charge in [-0.2, -0.15) is 0 Å². The maximum atomic E-state index is 12.5. The van der Waals surface area contributed by atoms with Crippen molar-refractivity contribution in [2.24, 2.45) is 0 Å². The van der Waals surface area contributed by atoms with Crippen LogP contribution in [0.1, 0.15) is 29.8 Å². The molecule has 0 bridgehead atoms. The van der Waals surface area contributed by atoms with Crippen LogP contribution in [0.15, 0.2) is 72.8 Å². The average molecular weight is 423 g/mol. The van der Waals surface area contributed by atoms with Crippen molar-refractivity contribution in [3.8, 4) is 5.75 Å². The molecule has 3 aromatic carbocycles. The lowest BCUT2D eigenvalue weighted by molar-refractivity contribution is -0.122. The molecular formula is C24H23ClN2O3. The zero-order chi connectivity index (χ0) is 21.5. The van der Waals surface area contributed by atoms with E-state index in [9.17, 15) is 9.59 Å². The summed E-state index contributed by atoms with van der Waals surface area (Å²) < 4.78 is 5.69. The fourth-order valence-electron chi connectivity index (χ4n) is 2.86. The molecule has 2 amide bonds. The normalized spacial score (nSPS) is 11.4. The highest BCUT2D eigenvalue weighted by Crippen LogP contribution is 2.19. The molecule has 0 saturated heterocycles. The summed E-state index contributed by atoms with van der Waals surface area (Å²) in [5, 5.41) is 6.30. The van der Waals surface area contributed by atoms with Gasteiger partial charge in [-0.3, -0.25) is 9.59 Å². The van der Waals surface area contributed by atoms with E-state index in [4.69, 9.17) is 16.3 Å². The van der Waals surface area contributed by atoms with Gasteiger partial charge in [-0.1, -0.05) is 36.7 Å². The second-order valence-electron chi connectivity index (χ2n) is 6.75. The predicted molar refractivity (Wildman–Crippen MR) is 120 cm³/mol. The van der Waals surface area contributed by atoms with Crippen molar-refractivity contribution >= 4 is 34.8 Å². The summed E-state index contributed by atoms with van der Waals surface area (Å²) in [7, 11) is 0. The third kappa shape index (κ3) is 5.61. The van der Waals surface area contributed by atoms with Gasteiger partial charge in [-0.25, -0.2) is 0 Å². The first-order valence-corrected chi connectivity index (χ1v) is 10.1. The van der Waals surface area contributed by atoms with E-state index in [-0.39, 0.29) is 11.8 Å². The summed E-state index contributed by atoms with van der Waals surface area (Å²) in [6, 6.07) is 21.2. The highest BCUT2D eigenvalue weighted by atomic mass is 35.5. The van der Waals surface area contributed by atoms with Crippen LogP contribution in [0.25, 0.3) is 0 Å². The smallest absolute Gasteiger partial charge is 0.265 e. The maximum absolute atomic E-state index is 12.5. The van der Waals surface area contributed by atoms with Crippen molar-refractivity contribution in [3.05, 3.63) is 88.9 Å². The summed E-state index contributed by atoms with van der Waals surface area (Å²) >= 11 is 5.85. The molecule has 0 aliphatic carbocycles.